The van der Waals surface area contributed by atoms with Gasteiger partial charge in [0.2, 0.25) is 0 Å². The smallest absolute Gasteiger partial charge is 0.164 e. The first kappa shape index (κ1) is 10.5. The third kappa shape index (κ3) is 2.19. The zero-order valence-corrected chi connectivity index (χ0v) is 9.52. The Balaban J connectivity index is 3.22. The highest BCUT2D eigenvalue weighted by atomic mass is 79.9. The molecule has 1 aromatic rings. The molecule has 1 nitrogen and oxygen atoms in total. The molecule has 13 heavy (non-hydrogen) atoms. The molecule has 0 radical (unpaired) electrons. The van der Waals surface area contributed by atoms with Gasteiger partial charge in [-0.15, -0.1) is 0 Å². The van der Waals surface area contributed by atoms with Crippen molar-refractivity contribution in [2.24, 2.45) is 0 Å². The summed E-state index contributed by atoms with van der Waals surface area (Å²) in [5, 5.41) is 0. The van der Waals surface area contributed by atoms with Crippen molar-refractivity contribution >= 4 is 21.7 Å². The van der Waals surface area contributed by atoms with Gasteiger partial charge in [-0.2, -0.15) is 0 Å². The van der Waals surface area contributed by atoms with Crippen LogP contribution in [0.2, 0.25) is 0 Å². The second-order valence-corrected chi connectivity index (χ2v) is 3.76. The van der Waals surface area contributed by atoms with Crippen LogP contribution in [0.4, 0.5) is 0 Å². The SMILES string of the molecule is CCC(=O)c1c(Br)cccc1CC. The normalized spacial score (nSPS) is 10.1. The Morgan fingerprint density at radius 3 is 2.62 bits per heavy atom. The number of aryl methyl sites for hydroxylation is 1. The molecule has 0 unspecified atom stereocenters. The highest BCUT2D eigenvalue weighted by Gasteiger charge is 2.11. The standard InChI is InChI=1S/C11H13BrO/c1-3-8-6-5-7-9(12)11(8)10(13)4-2/h5-7H,3-4H2,1-2H3. The van der Waals surface area contributed by atoms with E-state index in [0.29, 0.717) is 6.42 Å². The van der Waals surface area contributed by atoms with E-state index in [2.05, 4.69) is 22.9 Å². The Morgan fingerprint density at radius 2 is 2.08 bits per heavy atom. The number of halogens is 1. The minimum Gasteiger partial charge on any atom is -0.294 e. The maximum absolute atomic E-state index is 11.6. The van der Waals surface area contributed by atoms with E-state index < -0.39 is 0 Å². The first-order valence-electron chi connectivity index (χ1n) is 4.51. The second-order valence-electron chi connectivity index (χ2n) is 2.90. The zero-order chi connectivity index (χ0) is 9.84. The van der Waals surface area contributed by atoms with E-state index >= 15 is 0 Å². The summed E-state index contributed by atoms with van der Waals surface area (Å²) in [6.45, 7) is 3.95. The maximum atomic E-state index is 11.6. The molecule has 1 aromatic carbocycles. The third-order valence-corrected chi connectivity index (χ3v) is 2.74. The molecular formula is C11H13BrO. The van der Waals surface area contributed by atoms with Crippen molar-refractivity contribution in [2.75, 3.05) is 0 Å². The summed E-state index contributed by atoms with van der Waals surface area (Å²) >= 11 is 3.41. The van der Waals surface area contributed by atoms with Gasteiger partial charge < -0.3 is 0 Å². The molecule has 0 heterocycles. The zero-order valence-electron chi connectivity index (χ0n) is 7.93. The highest BCUT2D eigenvalue weighted by molar-refractivity contribution is 9.10. The Morgan fingerprint density at radius 1 is 1.38 bits per heavy atom. The molecular weight excluding hydrogens is 228 g/mol. The molecule has 0 fully saturated rings. The fraction of sp³-hybridized carbons (Fsp3) is 0.364. The molecule has 0 saturated carbocycles. The van der Waals surface area contributed by atoms with Gasteiger partial charge in [-0.05, 0) is 18.1 Å². The number of benzene rings is 1. The first-order valence-corrected chi connectivity index (χ1v) is 5.30. The average Bonchev–Trinajstić information content (AvgIpc) is 2.16. The first-order chi connectivity index (χ1) is 6.20. The van der Waals surface area contributed by atoms with Crippen molar-refractivity contribution in [3.63, 3.8) is 0 Å². The summed E-state index contributed by atoms with van der Waals surface area (Å²) < 4.78 is 0.915. The van der Waals surface area contributed by atoms with Crippen LogP contribution >= 0.6 is 15.9 Å². The van der Waals surface area contributed by atoms with Crippen LogP contribution in [0.5, 0.6) is 0 Å². The molecule has 0 spiro atoms. The molecule has 0 aliphatic carbocycles. The number of rotatable bonds is 3. The van der Waals surface area contributed by atoms with Gasteiger partial charge in [0, 0.05) is 16.5 Å². The van der Waals surface area contributed by atoms with Gasteiger partial charge in [0.05, 0.1) is 0 Å². The molecule has 0 atom stereocenters. The summed E-state index contributed by atoms with van der Waals surface area (Å²) in [4.78, 5) is 11.6. The van der Waals surface area contributed by atoms with Crippen molar-refractivity contribution in [1.82, 2.24) is 0 Å². The molecule has 0 amide bonds. The van der Waals surface area contributed by atoms with Crippen molar-refractivity contribution in [1.29, 1.82) is 0 Å². The van der Waals surface area contributed by atoms with E-state index in [9.17, 15) is 4.79 Å². The Kier molecular flexibility index (Phi) is 3.67. The minimum absolute atomic E-state index is 0.212. The molecule has 0 aliphatic rings. The van der Waals surface area contributed by atoms with Crippen LogP contribution in [0.15, 0.2) is 22.7 Å². The van der Waals surface area contributed by atoms with Crippen LogP contribution in [0, 0.1) is 0 Å². The van der Waals surface area contributed by atoms with Crippen molar-refractivity contribution < 1.29 is 4.79 Å². The molecule has 1 rings (SSSR count). The quantitative estimate of drug-likeness (QED) is 0.739. The van der Waals surface area contributed by atoms with E-state index in [1.54, 1.807) is 0 Å². The number of hydrogen-bond donors (Lipinski definition) is 0. The second kappa shape index (κ2) is 4.56. The number of ketones is 1. The lowest BCUT2D eigenvalue weighted by atomic mass is 10.0. The van der Waals surface area contributed by atoms with Gasteiger partial charge in [-0.1, -0.05) is 41.9 Å². The third-order valence-electron chi connectivity index (χ3n) is 2.08. The van der Waals surface area contributed by atoms with Crippen LogP contribution in [0.25, 0.3) is 0 Å². The van der Waals surface area contributed by atoms with Gasteiger partial charge in [0.1, 0.15) is 0 Å². The predicted molar refractivity (Wildman–Crippen MR) is 58.1 cm³/mol. The van der Waals surface area contributed by atoms with Crippen LogP contribution in [0.1, 0.15) is 36.2 Å². The Bertz CT molecular complexity index is 318. The van der Waals surface area contributed by atoms with E-state index in [1.165, 1.54) is 0 Å². The summed E-state index contributed by atoms with van der Waals surface area (Å²) in [5.74, 6) is 0.212. The number of hydrogen-bond acceptors (Lipinski definition) is 1. The number of Topliss-reactive ketones (excluding diaryl/α,β-unsaturated/α-hetero) is 1. The summed E-state index contributed by atoms with van der Waals surface area (Å²) in [6.07, 6.45) is 1.47. The largest absolute Gasteiger partial charge is 0.294 e. The Hall–Kier alpha value is -0.630. The summed E-state index contributed by atoms with van der Waals surface area (Å²) in [6, 6.07) is 5.89. The summed E-state index contributed by atoms with van der Waals surface area (Å²) in [7, 11) is 0. The number of carbonyl (C=O) groups excluding carboxylic acids is 1. The minimum atomic E-state index is 0.212. The van der Waals surface area contributed by atoms with Gasteiger partial charge in [-0.3, -0.25) is 4.79 Å². The average molecular weight is 241 g/mol. The Labute approximate surface area is 87.3 Å². The van der Waals surface area contributed by atoms with Gasteiger partial charge >= 0.3 is 0 Å². The van der Waals surface area contributed by atoms with Crippen molar-refractivity contribution in [2.45, 2.75) is 26.7 Å². The van der Waals surface area contributed by atoms with E-state index in [0.717, 1.165) is 22.0 Å². The molecule has 0 saturated heterocycles. The molecule has 0 aliphatic heterocycles. The van der Waals surface area contributed by atoms with Gasteiger partial charge in [0.25, 0.3) is 0 Å². The van der Waals surface area contributed by atoms with E-state index in [1.807, 2.05) is 25.1 Å². The topological polar surface area (TPSA) is 17.1 Å². The lowest BCUT2D eigenvalue weighted by Crippen LogP contribution is -2.02. The molecule has 0 aromatic heterocycles. The van der Waals surface area contributed by atoms with Crippen LogP contribution in [-0.2, 0) is 6.42 Å². The molecule has 70 valence electrons. The highest BCUT2D eigenvalue weighted by Crippen LogP contribution is 2.22. The number of carbonyl (C=O) groups is 1. The fourth-order valence-electron chi connectivity index (χ4n) is 1.35. The van der Waals surface area contributed by atoms with Crippen molar-refractivity contribution in [3.05, 3.63) is 33.8 Å². The molecule has 0 bridgehead atoms. The van der Waals surface area contributed by atoms with Crippen molar-refractivity contribution in [3.8, 4) is 0 Å². The van der Waals surface area contributed by atoms with E-state index in [-0.39, 0.29) is 5.78 Å². The van der Waals surface area contributed by atoms with Gasteiger partial charge in [-0.25, -0.2) is 0 Å². The fourth-order valence-corrected chi connectivity index (χ4v) is 1.98. The van der Waals surface area contributed by atoms with Crippen LogP contribution in [0.3, 0.4) is 0 Å². The van der Waals surface area contributed by atoms with Gasteiger partial charge in [0.15, 0.2) is 5.78 Å². The molecule has 0 N–H and O–H groups in total. The van der Waals surface area contributed by atoms with E-state index in [4.69, 9.17) is 0 Å². The van der Waals surface area contributed by atoms with Crippen LogP contribution < -0.4 is 0 Å². The lowest BCUT2D eigenvalue weighted by molar-refractivity contribution is 0.0986. The monoisotopic (exact) mass is 240 g/mol. The molecule has 2 heteroatoms. The maximum Gasteiger partial charge on any atom is 0.164 e. The van der Waals surface area contributed by atoms with Crippen LogP contribution in [-0.4, -0.2) is 5.78 Å². The summed E-state index contributed by atoms with van der Waals surface area (Å²) in [5.41, 5.74) is 1.98. The predicted octanol–water partition coefficient (Wildman–Crippen LogP) is 3.60. The lowest BCUT2D eigenvalue weighted by Gasteiger charge is -2.07.